The van der Waals surface area contributed by atoms with Gasteiger partial charge in [-0.2, -0.15) is 0 Å². The Morgan fingerprint density at radius 3 is 2.50 bits per heavy atom. The Hall–Kier alpha value is -1.13. The summed E-state index contributed by atoms with van der Waals surface area (Å²) in [5.41, 5.74) is 2.13. The highest BCUT2D eigenvalue weighted by Crippen LogP contribution is 2.19. The minimum absolute atomic E-state index is 0.00193. The summed E-state index contributed by atoms with van der Waals surface area (Å²) in [7, 11) is 0. The van der Waals surface area contributed by atoms with Crippen molar-refractivity contribution in [3.05, 3.63) is 56.2 Å². The molecule has 1 unspecified atom stereocenters. The number of halogens is 1. The third kappa shape index (κ3) is 3.00. The van der Waals surface area contributed by atoms with E-state index in [2.05, 4.69) is 21.2 Å². The van der Waals surface area contributed by atoms with Crippen LogP contribution in [0.1, 0.15) is 33.8 Å². The molecule has 0 aliphatic carbocycles. The first-order valence-electron chi connectivity index (χ1n) is 5.68. The Labute approximate surface area is 119 Å². The van der Waals surface area contributed by atoms with Crippen LogP contribution in [-0.4, -0.2) is 5.91 Å². The molecule has 2 aromatic rings. The van der Waals surface area contributed by atoms with Gasteiger partial charge in [0.1, 0.15) is 0 Å². The van der Waals surface area contributed by atoms with E-state index < -0.39 is 0 Å². The van der Waals surface area contributed by atoms with Gasteiger partial charge in [0.25, 0.3) is 5.91 Å². The first kappa shape index (κ1) is 13.3. The molecule has 0 saturated heterocycles. The molecule has 1 heterocycles. The smallest absolute Gasteiger partial charge is 0.262 e. The van der Waals surface area contributed by atoms with Crippen molar-refractivity contribution in [2.75, 3.05) is 0 Å². The maximum atomic E-state index is 12.1. The minimum atomic E-state index is -0.00193. The van der Waals surface area contributed by atoms with Gasteiger partial charge in [0.15, 0.2) is 0 Å². The molecule has 1 aromatic heterocycles. The van der Waals surface area contributed by atoms with E-state index >= 15 is 0 Å². The fourth-order valence-corrected chi connectivity index (χ4v) is 2.79. The molecule has 18 heavy (non-hydrogen) atoms. The molecule has 0 radical (unpaired) electrons. The molecule has 0 fully saturated rings. The second kappa shape index (κ2) is 5.67. The van der Waals surface area contributed by atoms with E-state index in [0.29, 0.717) is 0 Å². The van der Waals surface area contributed by atoms with E-state index in [-0.39, 0.29) is 11.9 Å². The van der Waals surface area contributed by atoms with Crippen molar-refractivity contribution >= 4 is 33.2 Å². The average molecular weight is 324 g/mol. The highest BCUT2D eigenvalue weighted by atomic mass is 79.9. The van der Waals surface area contributed by atoms with Crippen LogP contribution in [0.4, 0.5) is 0 Å². The molecule has 0 saturated carbocycles. The van der Waals surface area contributed by atoms with Gasteiger partial charge in [0.2, 0.25) is 0 Å². The van der Waals surface area contributed by atoms with Crippen LogP contribution in [0.2, 0.25) is 0 Å². The number of carbonyl (C=O) groups excluding carboxylic acids is 1. The quantitative estimate of drug-likeness (QED) is 0.895. The van der Waals surface area contributed by atoms with Crippen molar-refractivity contribution in [3.63, 3.8) is 0 Å². The Morgan fingerprint density at radius 2 is 1.94 bits per heavy atom. The Bertz CT molecular complexity index is 547. The minimum Gasteiger partial charge on any atom is -0.345 e. The van der Waals surface area contributed by atoms with Gasteiger partial charge >= 0.3 is 0 Å². The lowest BCUT2D eigenvalue weighted by molar-refractivity contribution is 0.0943. The van der Waals surface area contributed by atoms with Crippen LogP contribution >= 0.6 is 27.3 Å². The highest BCUT2D eigenvalue weighted by Gasteiger charge is 2.14. The summed E-state index contributed by atoms with van der Waals surface area (Å²) in [5.74, 6) is -0.00193. The number of hydrogen-bond donors (Lipinski definition) is 1. The Morgan fingerprint density at radius 1 is 1.28 bits per heavy atom. The molecule has 0 bridgehead atoms. The lowest BCUT2D eigenvalue weighted by atomic mass is 10.1. The van der Waals surface area contributed by atoms with Crippen LogP contribution < -0.4 is 5.32 Å². The molecule has 1 amide bonds. The highest BCUT2D eigenvalue weighted by molar-refractivity contribution is 9.10. The van der Waals surface area contributed by atoms with Crippen LogP contribution in [0.3, 0.4) is 0 Å². The molecule has 4 heteroatoms. The SMILES string of the molecule is Cc1ccsc1C(=O)NC(C)c1ccc(Br)cc1. The molecule has 0 spiro atoms. The van der Waals surface area contributed by atoms with Crippen molar-refractivity contribution in [1.82, 2.24) is 5.32 Å². The van der Waals surface area contributed by atoms with E-state index in [9.17, 15) is 4.79 Å². The zero-order valence-corrected chi connectivity index (χ0v) is 12.6. The van der Waals surface area contributed by atoms with Gasteiger partial charge in [-0.25, -0.2) is 0 Å². The standard InChI is InChI=1S/C14H14BrNOS/c1-9-7-8-18-13(9)14(17)16-10(2)11-3-5-12(15)6-4-11/h3-8,10H,1-2H3,(H,16,17). The number of aryl methyl sites for hydroxylation is 1. The third-order valence-electron chi connectivity index (χ3n) is 2.79. The summed E-state index contributed by atoms with van der Waals surface area (Å²) >= 11 is 4.88. The monoisotopic (exact) mass is 323 g/mol. The summed E-state index contributed by atoms with van der Waals surface area (Å²) in [6, 6.07) is 9.95. The molecule has 2 rings (SSSR count). The molecule has 0 aliphatic heterocycles. The fraction of sp³-hybridized carbons (Fsp3) is 0.214. The van der Waals surface area contributed by atoms with E-state index in [1.54, 1.807) is 0 Å². The van der Waals surface area contributed by atoms with Gasteiger partial charge in [-0.15, -0.1) is 11.3 Å². The summed E-state index contributed by atoms with van der Waals surface area (Å²) in [6.07, 6.45) is 0. The first-order valence-corrected chi connectivity index (χ1v) is 7.35. The van der Waals surface area contributed by atoms with E-state index in [0.717, 1.165) is 20.5 Å². The second-order valence-electron chi connectivity index (χ2n) is 4.18. The zero-order valence-electron chi connectivity index (χ0n) is 10.2. The number of thiophene rings is 1. The van der Waals surface area contributed by atoms with Gasteiger partial charge in [-0.1, -0.05) is 28.1 Å². The molecular weight excluding hydrogens is 310 g/mol. The molecule has 1 N–H and O–H groups in total. The molecule has 2 nitrogen and oxygen atoms in total. The second-order valence-corrected chi connectivity index (χ2v) is 6.01. The lowest BCUT2D eigenvalue weighted by Gasteiger charge is -2.14. The molecular formula is C14H14BrNOS. The summed E-state index contributed by atoms with van der Waals surface area (Å²) in [4.78, 5) is 12.9. The normalized spacial score (nSPS) is 12.2. The number of hydrogen-bond acceptors (Lipinski definition) is 2. The van der Waals surface area contributed by atoms with Crippen molar-refractivity contribution in [1.29, 1.82) is 0 Å². The van der Waals surface area contributed by atoms with Crippen LogP contribution in [-0.2, 0) is 0 Å². The van der Waals surface area contributed by atoms with Gasteiger partial charge in [-0.05, 0) is 48.6 Å². The Balaban J connectivity index is 2.08. The topological polar surface area (TPSA) is 29.1 Å². The largest absolute Gasteiger partial charge is 0.345 e. The van der Waals surface area contributed by atoms with E-state index in [1.807, 2.05) is 49.6 Å². The summed E-state index contributed by atoms with van der Waals surface area (Å²) in [5, 5.41) is 4.95. The summed E-state index contributed by atoms with van der Waals surface area (Å²) in [6.45, 7) is 3.94. The van der Waals surface area contributed by atoms with Crippen molar-refractivity contribution in [2.45, 2.75) is 19.9 Å². The summed E-state index contributed by atoms with van der Waals surface area (Å²) < 4.78 is 1.04. The predicted octanol–water partition coefficient (Wildman–Crippen LogP) is 4.31. The number of nitrogens with one attached hydrogen (secondary N) is 1. The maximum Gasteiger partial charge on any atom is 0.262 e. The first-order chi connectivity index (χ1) is 8.58. The maximum absolute atomic E-state index is 12.1. The van der Waals surface area contributed by atoms with Gasteiger partial charge in [0, 0.05) is 4.47 Å². The zero-order chi connectivity index (χ0) is 13.1. The van der Waals surface area contributed by atoms with Gasteiger partial charge in [-0.3, -0.25) is 4.79 Å². The van der Waals surface area contributed by atoms with Crippen molar-refractivity contribution in [3.8, 4) is 0 Å². The number of amides is 1. The van der Waals surface area contributed by atoms with E-state index in [4.69, 9.17) is 0 Å². The number of rotatable bonds is 3. The van der Waals surface area contributed by atoms with Crippen LogP contribution in [0.25, 0.3) is 0 Å². The predicted molar refractivity (Wildman–Crippen MR) is 79.1 cm³/mol. The molecule has 1 aromatic carbocycles. The van der Waals surface area contributed by atoms with Crippen LogP contribution in [0.15, 0.2) is 40.2 Å². The molecule has 1 atom stereocenters. The average Bonchev–Trinajstić information content (AvgIpc) is 2.76. The molecule has 0 aliphatic rings. The lowest BCUT2D eigenvalue weighted by Crippen LogP contribution is -2.26. The fourth-order valence-electron chi connectivity index (χ4n) is 1.70. The molecule has 94 valence electrons. The Kier molecular flexibility index (Phi) is 4.19. The number of benzene rings is 1. The van der Waals surface area contributed by atoms with Crippen molar-refractivity contribution in [2.24, 2.45) is 0 Å². The van der Waals surface area contributed by atoms with Crippen molar-refractivity contribution < 1.29 is 4.79 Å². The number of carbonyl (C=O) groups is 1. The van der Waals surface area contributed by atoms with Crippen LogP contribution in [0.5, 0.6) is 0 Å². The van der Waals surface area contributed by atoms with E-state index in [1.165, 1.54) is 11.3 Å². The van der Waals surface area contributed by atoms with Gasteiger partial charge in [0.05, 0.1) is 10.9 Å². The van der Waals surface area contributed by atoms with Crippen LogP contribution in [0, 0.1) is 6.92 Å². The third-order valence-corrected chi connectivity index (χ3v) is 4.33. The van der Waals surface area contributed by atoms with Gasteiger partial charge < -0.3 is 5.32 Å².